The molecule has 1 aromatic heterocycles. The van der Waals surface area contributed by atoms with Crippen LogP contribution in [0.2, 0.25) is 0 Å². The van der Waals surface area contributed by atoms with Gasteiger partial charge < -0.3 is 10.4 Å². The van der Waals surface area contributed by atoms with Crippen LogP contribution in [0.25, 0.3) is 0 Å². The van der Waals surface area contributed by atoms with E-state index >= 15 is 0 Å². The van der Waals surface area contributed by atoms with E-state index in [4.69, 9.17) is 5.11 Å². The number of hydrogen-bond acceptors (Lipinski definition) is 3. The van der Waals surface area contributed by atoms with Crippen LogP contribution in [0.15, 0.2) is 16.8 Å². The van der Waals surface area contributed by atoms with Gasteiger partial charge >= 0.3 is 5.97 Å². The predicted octanol–water partition coefficient (Wildman–Crippen LogP) is 1.14. The zero-order valence-corrected chi connectivity index (χ0v) is 7.88. The van der Waals surface area contributed by atoms with Crippen LogP contribution in [0.4, 0.5) is 0 Å². The van der Waals surface area contributed by atoms with Crippen LogP contribution in [-0.2, 0) is 4.79 Å². The lowest BCUT2D eigenvalue weighted by atomic mass is 9.91. The molecule has 0 spiro atoms. The quantitative estimate of drug-likeness (QED) is 0.747. The number of aliphatic carboxylic acids is 1. The zero-order valence-electron chi connectivity index (χ0n) is 7.06. The zero-order chi connectivity index (χ0) is 9.26. The minimum atomic E-state index is -0.693. The maximum absolute atomic E-state index is 10.9. The molecule has 3 nitrogen and oxygen atoms in total. The third-order valence-corrected chi connectivity index (χ3v) is 3.20. The van der Waals surface area contributed by atoms with Gasteiger partial charge in [0.25, 0.3) is 0 Å². The first-order chi connectivity index (χ1) is 6.29. The fourth-order valence-electron chi connectivity index (χ4n) is 1.77. The van der Waals surface area contributed by atoms with E-state index in [0.29, 0.717) is 6.54 Å². The molecular weight excluding hydrogens is 186 g/mol. The van der Waals surface area contributed by atoms with Gasteiger partial charge in [0.15, 0.2) is 0 Å². The highest BCUT2D eigenvalue weighted by Gasteiger charge is 2.33. The smallest absolute Gasteiger partial charge is 0.308 e. The summed E-state index contributed by atoms with van der Waals surface area (Å²) >= 11 is 1.62. The lowest BCUT2D eigenvalue weighted by Crippen LogP contribution is -2.20. The van der Waals surface area contributed by atoms with Gasteiger partial charge in [-0.2, -0.15) is 11.3 Å². The molecule has 0 radical (unpaired) electrons. The first-order valence-corrected chi connectivity index (χ1v) is 5.19. The van der Waals surface area contributed by atoms with E-state index in [-0.39, 0.29) is 11.8 Å². The highest BCUT2D eigenvalue weighted by atomic mass is 32.1. The molecule has 0 aliphatic carbocycles. The topological polar surface area (TPSA) is 49.3 Å². The van der Waals surface area contributed by atoms with Crippen LogP contribution in [0, 0.1) is 5.92 Å². The molecule has 1 aliphatic rings. The number of rotatable bonds is 2. The normalized spacial score (nSPS) is 27.7. The molecule has 1 saturated heterocycles. The van der Waals surface area contributed by atoms with Crippen molar-refractivity contribution in [3.05, 3.63) is 22.4 Å². The molecule has 70 valence electrons. The molecule has 1 fully saturated rings. The van der Waals surface area contributed by atoms with E-state index in [1.165, 1.54) is 0 Å². The Morgan fingerprint density at radius 1 is 1.62 bits per heavy atom. The molecule has 0 aromatic carbocycles. The first-order valence-electron chi connectivity index (χ1n) is 4.24. The van der Waals surface area contributed by atoms with E-state index in [0.717, 1.165) is 12.1 Å². The van der Waals surface area contributed by atoms with Crippen LogP contribution in [0.1, 0.15) is 11.5 Å². The average molecular weight is 197 g/mol. The number of thiophene rings is 1. The Hall–Kier alpha value is -0.870. The molecule has 2 heterocycles. The monoisotopic (exact) mass is 197 g/mol. The van der Waals surface area contributed by atoms with Crippen LogP contribution in [0.5, 0.6) is 0 Å². The molecule has 0 bridgehead atoms. The second kappa shape index (κ2) is 3.47. The van der Waals surface area contributed by atoms with E-state index in [1.807, 2.05) is 16.8 Å². The third kappa shape index (κ3) is 1.59. The SMILES string of the molecule is O=C(O)[C@H]1CNC[C@H]1c1ccsc1. The molecule has 0 amide bonds. The highest BCUT2D eigenvalue weighted by Crippen LogP contribution is 2.29. The Morgan fingerprint density at radius 3 is 3.08 bits per heavy atom. The molecule has 0 saturated carbocycles. The van der Waals surface area contributed by atoms with Crippen molar-refractivity contribution in [3.8, 4) is 0 Å². The summed E-state index contributed by atoms with van der Waals surface area (Å²) in [6.07, 6.45) is 0. The van der Waals surface area contributed by atoms with Crippen molar-refractivity contribution in [3.63, 3.8) is 0 Å². The van der Waals surface area contributed by atoms with Gasteiger partial charge in [0.2, 0.25) is 0 Å². The van der Waals surface area contributed by atoms with Gasteiger partial charge in [-0.05, 0) is 22.4 Å². The van der Waals surface area contributed by atoms with Gasteiger partial charge in [0.05, 0.1) is 5.92 Å². The van der Waals surface area contributed by atoms with Gasteiger partial charge in [-0.15, -0.1) is 0 Å². The van der Waals surface area contributed by atoms with Crippen molar-refractivity contribution in [2.24, 2.45) is 5.92 Å². The lowest BCUT2D eigenvalue weighted by Gasteiger charge is -2.12. The Kier molecular flexibility index (Phi) is 2.33. The van der Waals surface area contributed by atoms with Gasteiger partial charge in [0, 0.05) is 19.0 Å². The van der Waals surface area contributed by atoms with Crippen LogP contribution in [0.3, 0.4) is 0 Å². The minimum absolute atomic E-state index is 0.156. The van der Waals surface area contributed by atoms with Crippen LogP contribution >= 0.6 is 11.3 Å². The van der Waals surface area contributed by atoms with E-state index in [1.54, 1.807) is 11.3 Å². The summed E-state index contributed by atoms with van der Waals surface area (Å²) in [5, 5.41) is 16.1. The minimum Gasteiger partial charge on any atom is -0.481 e. The van der Waals surface area contributed by atoms with Gasteiger partial charge in [-0.1, -0.05) is 0 Å². The lowest BCUT2D eigenvalue weighted by molar-refractivity contribution is -0.141. The van der Waals surface area contributed by atoms with Crippen molar-refractivity contribution in [1.29, 1.82) is 0 Å². The maximum Gasteiger partial charge on any atom is 0.308 e. The predicted molar refractivity (Wildman–Crippen MR) is 51.1 cm³/mol. The summed E-state index contributed by atoms with van der Waals surface area (Å²) in [5.74, 6) is -0.792. The maximum atomic E-state index is 10.9. The van der Waals surface area contributed by atoms with Gasteiger partial charge in [0.1, 0.15) is 0 Å². The van der Waals surface area contributed by atoms with Crippen LogP contribution in [-0.4, -0.2) is 24.2 Å². The molecule has 13 heavy (non-hydrogen) atoms. The average Bonchev–Trinajstić information content (AvgIpc) is 2.74. The van der Waals surface area contributed by atoms with Gasteiger partial charge in [-0.25, -0.2) is 0 Å². The second-order valence-electron chi connectivity index (χ2n) is 3.27. The number of hydrogen-bond donors (Lipinski definition) is 2. The van der Waals surface area contributed by atoms with Crippen molar-refractivity contribution in [1.82, 2.24) is 5.32 Å². The molecule has 2 rings (SSSR count). The summed E-state index contributed by atoms with van der Waals surface area (Å²) < 4.78 is 0. The van der Waals surface area contributed by atoms with E-state index in [9.17, 15) is 4.79 Å². The summed E-state index contributed by atoms with van der Waals surface area (Å²) in [4.78, 5) is 10.9. The third-order valence-electron chi connectivity index (χ3n) is 2.50. The highest BCUT2D eigenvalue weighted by molar-refractivity contribution is 7.08. The fraction of sp³-hybridized carbons (Fsp3) is 0.444. The summed E-state index contributed by atoms with van der Waals surface area (Å²) in [6, 6.07) is 2.01. The molecular formula is C9H11NO2S. The summed E-state index contributed by atoms with van der Waals surface area (Å²) in [7, 11) is 0. The van der Waals surface area contributed by atoms with E-state index in [2.05, 4.69) is 5.32 Å². The Morgan fingerprint density at radius 2 is 2.46 bits per heavy atom. The summed E-state index contributed by atoms with van der Waals surface area (Å²) in [6.45, 7) is 1.38. The molecule has 4 heteroatoms. The van der Waals surface area contributed by atoms with Crippen molar-refractivity contribution in [2.45, 2.75) is 5.92 Å². The van der Waals surface area contributed by atoms with Crippen LogP contribution < -0.4 is 5.32 Å². The first kappa shape index (κ1) is 8.72. The summed E-state index contributed by atoms with van der Waals surface area (Å²) in [5.41, 5.74) is 1.16. The Labute approximate surface area is 80.4 Å². The Bertz CT molecular complexity index is 297. The van der Waals surface area contributed by atoms with Crippen molar-refractivity contribution in [2.75, 3.05) is 13.1 Å². The number of carbonyl (C=O) groups is 1. The standard InChI is InChI=1S/C9H11NO2S/c11-9(12)8-4-10-3-7(8)6-1-2-13-5-6/h1-2,5,7-8,10H,3-4H2,(H,11,12)/t7-,8-/m0/s1. The van der Waals surface area contributed by atoms with Gasteiger partial charge in [-0.3, -0.25) is 4.79 Å². The number of carboxylic acid groups (broad SMARTS) is 1. The fourth-order valence-corrected chi connectivity index (χ4v) is 2.50. The van der Waals surface area contributed by atoms with Crippen molar-refractivity contribution < 1.29 is 9.90 Å². The molecule has 2 atom stereocenters. The molecule has 1 aromatic rings. The second-order valence-corrected chi connectivity index (χ2v) is 4.05. The molecule has 0 unspecified atom stereocenters. The molecule has 2 N–H and O–H groups in total. The largest absolute Gasteiger partial charge is 0.481 e. The number of carboxylic acids is 1. The molecule has 1 aliphatic heterocycles. The van der Waals surface area contributed by atoms with E-state index < -0.39 is 5.97 Å². The Balaban J connectivity index is 2.19. The van der Waals surface area contributed by atoms with Crippen molar-refractivity contribution >= 4 is 17.3 Å². The number of nitrogens with one attached hydrogen (secondary N) is 1.